The predicted molar refractivity (Wildman–Crippen MR) is 94.5 cm³/mol. The second-order valence-electron chi connectivity index (χ2n) is 6.39. The molecule has 1 amide bonds. The van der Waals surface area contributed by atoms with E-state index in [1.54, 1.807) is 0 Å². The smallest absolute Gasteiger partial charge is 0.241 e. The molecule has 0 radical (unpaired) electrons. The van der Waals surface area contributed by atoms with Crippen molar-refractivity contribution in [1.82, 2.24) is 5.32 Å². The molecule has 0 saturated carbocycles. The number of hydrogen-bond donors (Lipinski definition) is 2. The minimum atomic E-state index is -0.229. The van der Waals surface area contributed by atoms with Gasteiger partial charge in [-0.2, -0.15) is 0 Å². The first-order valence-corrected chi connectivity index (χ1v) is 8.35. The maximum Gasteiger partial charge on any atom is 0.241 e. The number of benzene rings is 2. The summed E-state index contributed by atoms with van der Waals surface area (Å²) in [6, 6.07) is 16.5. The molecule has 1 aliphatic carbocycles. The quantitative estimate of drug-likeness (QED) is 0.896. The maximum atomic E-state index is 12.4. The Morgan fingerprint density at radius 3 is 2.65 bits per heavy atom. The number of rotatable bonds is 4. The summed E-state index contributed by atoms with van der Waals surface area (Å²) in [7, 11) is 0. The van der Waals surface area contributed by atoms with E-state index in [9.17, 15) is 4.79 Å². The second-order valence-corrected chi connectivity index (χ2v) is 6.39. The summed E-state index contributed by atoms with van der Waals surface area (Å²) in [5, 5.41) is 6.48. The van der Waals surface area contributed by atoms with Gasteiger partial charge in [-0.3, -0.25) is 10.1 Å². The van der Waals surface area contributed by atoms with Crippen LogP contribution in [0, 0.1) is 6.92 Å². The van der Waals surface area contributed by atoms with Gasteiger partial charge in [0.2, 0.25) is 5.91 Å². The Bertz CT molecular complexity index is 678. The molecule has 0 heterocycles. The molecular weight excluding hydrogens is 284 g/mol. The Balaban J connectivity index is 1.64. The highest BCUT2D eigenvalue weighted by atomic mass is 16.2. The minimum Gasteiger partial charge on any atom is -0.325 e. The average molecular weight is 308 g/mol. The SMILES string of the molecule is Cc1ccc(NC(=O)[C@@H](C)N[C@H]2CCCc3ccccc32)cc1. The number of anilines is 1. The molecule has 2 N–H and O–H groups in total. The molecule has 0 bridgehead atoms. The third kappa shape index (κ3) is 3.80. The van der Waals surface area contributed by atoms with Crippen molar-refractivity contribution < 1.29 is 4.79 Å². The first kappa shape index (κ1) is 15.8. The number of carbonyl (C=O) groups excluding carboxylic acids is 1. The zero-order chi connectivity index (χ0) is 16.2. The lowest BCUT2D eigenvalue weighted by molar-refractivity contribution is -0.118. The number of hydrogen-bond acceptors (Lipinski definition) is 2. The Morgan fingerprint density at radius 1 is 1.13 bits per heavy atom. The first-order valence-electron chi connectivity index (χ1n) is 8.35. The molecule has 0 aliphatic heterocycles. The summed E-state index contributed by atoms with van der Waals surface area (Å²) in [6.45, 7) is 3.97. The largest absolute Gasteiger partial charge is 0.325 e. The van der Waals surface area contributed by atoms with E-state index in [0.717, 1.165) is 18.5 Å². The van der Waals surface area contributed by atoms with Crippen molar-refractivity contribution in [3.05, 3.63) is 65.2 Å². The normalized spacial score (nSPS) is 18.1. The van der Waals surface area contributed by atoms with Crippen LogP contribution in [0.2, 0.25) is 0 Å². The lowest BCUT2D eigenvalue weighted by Gasteiger charge is -2.28. The lowest BCUT2D eigenvalue weighted by Crippen LogP contribution is -2.41. The molecule has 2 aromatic rings. The number of amides is 1. The molecule has 0 spiro atoms. The van der Waals surface area contributed by atoms with Gasteiger partial charge in [0.1, 0.15) is 0 Å². The Hall–Kier alpha value is -2.13. The van der Waals surface area contributed by atoms with Gasteiger partial charge in [0.15, 0.2) is 0 Å². The van der Waals surface area contributed by atoms with Crippen LogP contribution in [0.15, 0.2) is 48.5 Å². The first-order chi connectivity index (χ1) is 11.1. The molecule has 0 aromatic heterocycles. The molecule has 3 nitrogen and oxygen atoms in total. The lowest BCUT2D eigenvalue weighted by atomic mass is 9.87. The van der Waals surface area contributed by atoms with E-state index >= 15 is 0 Å². The van der Waals surface area contributed by atoms with Crippen LogP contribution in [0.1, 0.15) is 42.5 Å². The number of aryl methyl sites for hydroxylation is 2. The van der Waals surface area contributed by atoms with Gasteiger partial charge >= 0.3 is 0 Å². The molecule has 0 saturated heterocycles. The summed E-state index contributed by atoms with van der Waals surface area (Å²) >= 11 is 0. The molecule has 23 heavy (non-hydrogen) atoms. The van der Waals surface area contributed by atoms with Crippen molar-refractivity contribution in [1.29, 1.82) is 0 Å². The van der Waals surface area contributed by atoms with Crippen LogP contribution < -0.4 is 10.6 Å². The fourth-order valence-electron chi connectivity index (χ4n) is 3.19. The van der Waals surface area contributed by atoms with Gasteiger partial charge in [-0.1, -0.05) is 42.0 Å². The zero-order valence-electron chi connectivity index (χ0n) is 13.8. The zero-order valence-corrected chi connectivity index (χ0v) is 13.8. The van der Waals surface area contributed by atoms with E-state index in [1.165, 1.54) is 23.1 Å². The van der Waals surface area contributed by atoms with E-state index in [4.69, 9.17) is 0 Å². The summed E-state index contributed by atoms with van der Waals surface area (Å²) in [4.78, 5) is 12.4. The fraction of sp³-hybridized carbons (Fsp3) is 0.350. The monoisotopic (exact) mass is 308 g/mol. The predicted octanol–water partition coefficient (Wildman–Crippen LogP) is 3.99. The van der Waals surface area contributed by atoms with E-state index in [1.807, 2.05) is 38.1 Å². The average Bonchev–Trinajstić information content (AvgIpc) is 2.57. The van der Waals surface area contributed by atoms with Gasteiger partial charge in [0, 0.05) is 11.7 Å². The van der Waals surface area contributed by atoms with Crippen LogP contribution in [0.25, 0.3) is 0 Å². The highest BCUT2D eigenvalue weighted by molar-refractivity contribution is 5.94. The summed E-state index contributed by atoms with van der Waals surface area (Å²) in [6.07, 6.45) is 3.39. The Morgan fingerprint density at radius 2 is 1.87 bits per heavy atom. The molecule has 1 aliphatic rings. The summed E-state index contributed by atoms with van der Waals surface area (Å²) in [5.74, 6) is 0.0110. The topological polar surface area (TPSA) is 41.1 Å². The Labute approximate surface area is 138 Å². The van der Waals surface area contributed by atoms with Crippen molar-refractivity contribution in [2.75, 3.05) is 5.32 Å². The van der Waals surface area contributed by atoms with Crippen LogP contribution in [0.5, 0.6) is 0 Å². The van der Waals surface area contributed by atoms with Gasteiger partial charge in [0.25, 0.3) is 0 Å². The van der Waals surface area contributed by atoms with Gasteiger partial charge in [0.05, 0.1) is 6.04 Å². The molecule has 2 atom stereocenters. The highest BCUT2D eigenvalue weighted by Crippen LogP contribution is 2.29. The molecule has 0 fully saturated rings. The van der Waals surface area contributed by atoms with Gasteiger partial charge in [-0.25, -0.2) is 0 Å². The fourth-order valence-corrected chi connectivity index (χ4v) is 3.19. The van der Waals surface area contributed by atoms with E-state index in [2.05, 4.69) is 34.9 Å². The third-order valence-electron chi connectivity index (χ3n) is 4.53. The summed E-state index contributed by atoms with van der Waals surface area (Å²) < 4.78 is 0. The molecular formula is C20H24N2O. The third-order valence-corrected chi connectivity index (χ3v) is 4.53. The molecule has 3 rings (SSSR count). The van der Waals surface area contributed by atoms with Crippen LogP contribution in [-0.4, -0.2) is 11.9 Å². The number of fused-ring (bicyclic) bond motifs is 1. The van der Waals surface area contributed by atoms with Crippen molar-refractivity contribution in [3.63, 3.8) is 0 Å². The van der Waals surface area contributed by atoms with Crippen LogP contribution in [-0.2, 0) is 11.2 Å². The van der Waals surface area contributed by atoms with Crippen LogP contribution >= 0.6 is 0 Å². The van der Waals surface area contributed by atoms with Crippen molar-refractivity contribution >= 4 is 11.6 Å². The standard InChI is InChI=1S/C20H24N2O/c1-14-10-12-17(13-11-14)22-20(23)15(2)21-19-9-5-7-16-6-3-4-8-18(16)19/h3-4,6,8,10-13,15,19,21H,5,7,9H2,1-2H3,(H,22,23)/t15-,19+/m1/s1. The van der Waals surface area contributed by atoms with Gasteiger partial charge < -0.3 is 5.32 Å². The molecule has 0 unspecified atom stereocenters. The number of carbonyl (C=O) groups is 1. The summed E-state index contributed by atoms with van der Waals surface area (Å²) in [5.41, 5.74) is 4.78. The molecule has 3 heteroatoms. The van der Waals surface area contributed by atoms with E-state index < -0.39 is 0 Å². The van der Waals surface area contributed by atoms with Crippen molar-refractivity contribution in [3.8, 4) is 0 Å². The highest BCUT2D eigenvalue weighted by Gasteiger charge is 2.23. The minimum absolute atomic E-state index is 0.0110. The molecule has 120 valence electrons. The van der Waals surface area contributed by atoms with Crippen LogP contribution in [0.4, 0.5) is 5.69 Å². The van der Waals surface area contributed by atoms with Gasteiger partial charge in [-0.15, -0.1) is 0 Å². The maximum absolute atomic E-state index is 12.4. The second kappa shape index (κ2) is 6.97. The Kier molecular flexibility index (Phi) is 4.77. The van der Waals surface area contributed by atoms with Gasteiger partial charge in [-0.05, 0) is 56.4 Å². The van der Waals surface area contributed by atoms with Crippen LogP contribution in [0.3, 0.4) is 0 Å². The molecule has 2 aromatic carbocycles. The van der Waals surface area contributed by atoms with Crippen molar-refractivity contribution in [2.45, 2.75) is 45.2 Å². The van der Waals surface area contributed by atoms with E-state index in [0.29, 0.717) is 0 Å². The number of nitrogens with one attached hydrogen (secondary N) is 2. The van der Waals surface area contributed by atoms with E-state index in [-0.39, 0.29) is 18.0 Å². The van der Waals surface area contributed by atoms with Crippen molar-refractivity contribution in [2.24, 2.45) is 0 Å².